The zero-order chi connectivity index (χ0) is 14.2. The summed E-state index contributed by atoms with van der Waals surface area (Å²) in [5.41, 5.74) is 5.52. The molecule has 0 atom stereocenters. The van der Waals surface area contributed by atoms with Crippen molar-refractivity contribution in [1.29, 1.82) is 0 Å². The molecule has 0 saturated carbocycles. The largest absolute Gasteiger partial charge is 0.338 e. The molecule has 1 saturated heterocycles. The van der Waals surface area contributed by atoms with E-state index in [1.807, 2.05) is 12.4 Å². The molecule has 2 N–H and O–H groups in total. The summed E-state index contributed by atoms with van der Waals surface area (Å²) in [4.78, 5) is 9.54. The van der Waals surface area contributed by atoms with Crippen molar-refractivity contribution in [3.8, 4) is 0 Å². The van der Waals surface area contributed by atoms with Crippen LogP contribution in [0.2, 0.25) is 0 Å². The summed E-state index contributed by atoms with van der Waals surface area (Å²) in [5.74, 6) is 1.19. The Bertz CT molecular complexity index is 368. The molecule has 0 aromatic carbocycles. The molecule has 0 aliphatic carbocycles. The molecule has 0 spiro atoms. The zero-order valence-corrected chi connectivity index (χ0v) is 12.8. The second kappa shape index (κ2) is 8.39. The van der Waals surface area contributed by atoms with Crippen molar-refractivity contribution in [2.45, 2.75) is 25.7 Å². The summed E-state index contributed by atoms with van der Waals surface area (Å²) in [7, 11) is 2.07. The molecule has 5 nitrogen and oxygen atoms in total. The van der Waals surface area contributed by atoms with Crippen LogP contribution in [0.25, 0.3) is 0 Å². The van der Waals surface area contributed by atoms with E-state index in [1.165, 1.54) is 57.8 Å². The van der Waals surface area contributed by atoms with Gasteiger partial charge in [0.15, 0.2) is 0 Å². The van der Waals surface area contributed by atoms with Gasteiger partial charge in [-0.2, -0.15) is 0 Å². The van der Waals surface area contributed by atoms with Crippen molar-refractivity contribution in [2.75, 3.05) is 45.8 Å². The molecule has 1 aromatic rings. The van der Waals surface area contributed by atoms with Crippen LogP contribution in [0, 0.1) is 0 Å². The topological polar surface area (TPSA) is 50.3 Å². The van der Waals surface area contributed by atoms with Gasteiger partial charge in [0, 0.05) is 58.6 Å². The van der Waals surface area contributed by atoms with Crippen molar-refractivity contribution in [3.63, 3.8) is 0 Å². The van der Waals surface area contributed by atoms with Crippen LogP contribution in [0.5, 0.6) is 0 Å². The lowest BCUT2D eigenvalue weighted by molar-refractivity contribution is 0.131. The molecular formula is C15H29N5. The molecule has 2 heterocycles. The highest BCUT2D eigenvalue weighted by atomic mass is 15.3. The smallest absolute Gasteiger partial charge is 0.109 e. The second-order valence-corrected chi connectivity index (χ2v) is 5.74. The molecule has 0 radical (unpaired) electrons. The number of aryl methyl sites for hydroxylation is 1. The van der Waals surface area contributed by atoms with E-state index in [0.717, 1.165) is 19.5 Å². The van der Waals surface area contributed by atoms with Gasteiger partial charge in [-0.05, 0) is 25.9 Å². The highest BCUT2D eigenvalue weighted by Crippen LogP contribution is 2.06. The van der Waals surface area contributed by atoms with Gasteiger partial charge in [0.25, 0.3) is 0 Å². The van der Waals surface area contributed by atoms with Gasteiger partial charge in [0.2, 0.25) is 0 Å². The minimum absolute atomic E-state index is 0.834. The molecule has 1 fully saturated rings. The van der Waals surface area contributed by atoms with E-state index in [4.69, 9.17) is 5.73 Å². The van der Waals surface area contributed by atoms with E-state index in [0.29, 0.717) is 0 Å². The van der Waals surface area contributed by atoms with Gasteiger partial charge in [-0.3, -0.25) is 0 Å². The van der Waals surface area contributed by atoms with Gasteiger partial charge in [0.1, 0.15) is 5.82 Å². The standard InChI is InChI=1S/C15H29N5/c1-18-10-7-17-15(18)5-9-20-13-11-19(12-14-20)8-4-2-3-6-16/h7,10H,2-6,8-9,11-14,16H2,1H3. The highest BCUT2D eigenvalue weighted by molar-refractivity contribution is 4.92. The average Bonchev–Trinajstić information content (AvgIpc) is 2.88. The lowest BCUT2D eigenvalue weighted by Gasteiger charge is -2.34. The van der Waals surface area contributed by atoms with Gasteiger partial charge < -0.3 is 20.1 Å². The summed E-state index contributed by atoms with van der Waals surface area (Å²) in [6.07, 6.45) is 8.70. The SMILES string of the molecule is Cn1ccnc1CCN1CCN(CCCCCN)CC1. The van der Waals surface area contributed by atoms with E-state index in [9.17, 15) is 0 Å². The Labute approximate surface area is 122 Å². The van der Waals surface area contributed by atoms with Crippen LogP contribution in [0.15, 0.2) is 12.4 Å². The maximum Gasteiger partial charge on any atom is 0.109 e. The van der Waals surface area contributed by atoms with Gasteiger partial charge >= 0.3 is 0 Å². The first kappa shape index (κ1) is 15.5. The number of hydrogen-bond acceptors (Lipinski definition) is 4. The number of unbranched alkanes of at least 4 members (excludes halogenated alkanes) is 2. The fraction of sp³-hybridized carbons (Fsp3) is 0.800. The fourth-order valence-corrected chi connectivity index (χ4v) is 2.79. The fourth-order valence-electron chi connectivity index (χ4n) is 2.79. The molecular weight excluding hydrogens is 250 g/mol. The van der Waals surface area contributed by atoms with E-state index in [1.54, 1.807) is 0 Å². The predicted molar refractivity (Wildman–Crippen MR) is 82.7 cm³/mol. The molecule has 5 heteroatoms. The van der Waals surface area contributed by atoms with Gasteiger partial charge in [0.05, 0.1) is 0 Å². The number of imidazole rings is 1. The number of rotatable bonds is 8. The van der Waals surface area contributed by atoms with Crippen molar-refractivity contribution < 1.29 is 0 Å². The number of hydrogen-bond donors (Lipinski definition) is 1. The Hall–Kier alpha value is -0.910. The van der Waals surface area contributed by atoms with Crippen LogP contribution in [0.3, 0.4) is 0 Å². The van der Waals surface area contributed by atoms with Gasteiger partial charge in [-0.15, -0.1) is 0 Å². The first-order chi connectivity index (χ1) is 9.79. The molecule has 0 unspecified atom stereocenters. The lowest BCUT2D eigenvalue weighted by atomic mass is 10.2. The third-order valence-electron chi connectivity index (χ3n) is 4.22. The van der Waals surface area contributed by atoms with E-state index < -0.39 is 0 Å². The maximum atomic E-state index is 5.52. The molecule has 2 rings (SSSR count). The van der Waals surface area contributed by atoms with Crippen LogP contribution < -0.4 is 5.73 Å². The van der Waals surface area contributed by atoms with Crippen molar-refractivity contribution in [2.24, 2.45) is 12.8 Å². The Balaban J connectivity index is 1.58. The Kier molecular flexibility index (Phi) is 6.50. The van der Waals surface area contributed by atoms with E-state index >= 15 is 0 Å². The number of nitrogens with two attached hydrogens (primary N) is 1. The van der Waals surface area contributed by atoms with Crippen LogP contribution in [0.1, 0.15) is 25.1 Å². The Morgan fingerprint density at radius 1 is 1.05 bits per heavy atom. The summed E-state index contributed by atoms with van der Waals surface area (Å²) < 4.78 is 2.12. The van der Waals surface area contributed by atoms with Crippen LogP contribution in [-0.4, -0.2) is 65.2 Å². The second-order valence-electron chi connectivity index (χ2n) is 5.74. The van der Waals surface area contributed by atoms with E-state index in [2.05, 4.69) is 26.4 Å². The molecule has 0 amide bonds. The monoisotopic (exact) mass is 279 g/mol. The highest BCUT2D eigenvalue weighted by Gasteiger charge is 2.16. The van der Waals surface area contributed by atoms with Gasteiger partial charge in [-0.25, -0.2) is 4.98 Å². The quantitative estimate of drug-likeness (QED) is 0.712. The third kappa shape index (κ3) is 4.89. The van der Waals surface area contributed by atoms with Crippen molar-refractivity contribution in [1.82, 2.24) is 19.4 Å². The molecule has 114 valence electrons. The van der Waals surface area contributed by atoms with Crippen molar-refractivity contribution >= 4 is 0 Å². The molecule has 1 aliphatic heterocycles. The average molecular weight is 279 g/mol. The summed E-state index contributed by atoms with van der Waals surface area (Å²) >= 11 is 0. The minimum Gasteiger partial charge on any atom is -0.338 e. The zero-order valence-electron chi connectivity index (χ0n) is 12.8. The van der Waals surface area contributed by atoms with Crippen LogP contribution in [0.4, 0.5) is 0 Å². The maximum absolute atomic E-state index is 5.52. The minimum atomic E-state index is 0.834. The number of aromatic nitrogens is 2. The molecule has 20 heavy (non-hydrogen) atoms. The summed E-state index contributed by atoms with van der Waals surface area (Å²) in [5, 5.41) is 0. The number of nitrogens with zero attached hydrogens (tertiary/aromatic N) is 4. The normalized spacial score (nSPS) is 17.7. The van der Waals surface area contributed by atoms with Gasteiger partial charge in [-0.1, -0.05) is 6.42 Å². The molecule has 1 aliphatic rings. The van der Waals surface area contributed by atoms with Crippen LogP contribution in [-0.2, 0) is 13.5 Å². The first-order valence-corrected chi connectivity index (χ1v) is 7.90. The molecule has 0 bridgehead atoms. The molecule has 1 aromatic heterocycles. The summed E-state index contributed by atoms with van der Waals surface area (Å²) in [6, 6.07) is 0. The van der Waals surface area contributed by atoms with Crippen LogP contribution >= 0.6 is 0 Å². The van der Waals surface area contributed by atoms with E-state index in [-0.39, 0.29) is 0 Å². The third-order valence-corrected chi connectivity index (χ3v) is 4.22. The first-order valence-electron chi connectivity index (χ1n) is 7.90. The summed E-state index contributed by atoms with van der Waals surface area (Å²) in [6.45, 7) is 8.02. The Morgan fingerprint density at radius 3 is 2.35 bits per heavy atom. The van der Waals surface area contributed by atoms with Crippen molar-refractivity contribution in [3.05, 3.63) is 18.2 Å². The lowest BCUT2D eigenvalue weighted by Crippen LogP contribution is -2.47. The number of piperazine rings is 1. The Morgan fingerprint density at radius 2 is 1.75 bits per heavy atom. The predicted octanol–water partition coefficient (Wildman–Crippen LogP) is 0.709.